The Morgan fingerprint density at radius 1 is 0.929 bits per heavy atom. The number of nitrogens with one attached hydrogen (secondary N) is 1. The molecule has 16 nitrogen and oxygen atoms in total. The number of aromatic amines is 1. The fraction of sp³-hybridized carbons (Fsp3) is 0.423. The third-order valence-electron chi connectivity index (χ3n) is 15.9. The van der Waals surface area contributed by atoms with Gasteiger partial charge in [-0.25, -0.2) is 23.1 Å². The van der Waals surface area contributed by atoms with Crippen LogP contribution in [0, 0.1) is 31.4 Å². The quantitative estimate of drug-likeness (QED) is 0.167. The Balaban J connectivity index is 1.06. The maximum absolute atomic E-state index is 16.4. The lowest BCUT2D eigenvalue weighted by Gasteiger charge is -2.46. The average molecular weight is 953 g/mol. The molecule has 0 bridgehead atoms. The second-order valence-electron chi connectivity index (χ2n) is 20.8. The van der Waals surface area contributed by atoms with Gasteiger partial charge in [0.1, 0.15) is 22.9 Å². The number of aromatic nitrogens is 9. The van der Waals surface area contributed by atoms with Crippen molar-refractivity contribution in [1.29, 1.82) is 0 Å². The number of rotatable bonds is 7. The van der Waals surface area contributed by atoms with Crippen molar-refractivity contribution in [3.05, 3.63) is 139 Å². The molecule has 8 aromatic rings. The third kappa shape index (κ3) is 6.51. The molecule has 1 amide bonds. The van der Waals surface area contributed by atoms with Crippen LogP contribution in [0.2, 0.25) is 0 Å². The van der Waals surface area contributed by atoms with Gasteiger partial charge in [-0.2, -0.15) is 10.2 Å². The van der Waals surface area contributed by atoms with Gasteiger partial charge in [-0.1, -0.05) is 18.1 Å². The van der Waals surface area contributed by atoms with E-state index in [0.29, 0.717) is 83.4 Å². The van der Waals surface area contributed by atoms with Gasteiger partial charge < -0.3 is 18.9 Å². The molecule has 362 valence electrons. The van der Waals surface area contributed by atoms with Crippen molar-refractivity contribution in [3.63, 3.8) is 0 Å². The highest BCUT2D eigenvalue weighted by molar-refractivity contribution is 6.00. The van der Waals surface area contributed by atoms with Gasteiger partial charge in [0.25, 0.3) is 5.91 Å². The first-order valence-electron chi connectivity index (χ1n) is 24.1. The van der Waals surface area contributed by atoms with Gasteiger partial charge in [0.05, 0.1) is 57.8 Å². The van der Waals surface area contributed by atoms with E-state index < -0.39 is 34.3 Å². The molecule has 1 aliphatic carbocycles. The minimum absolute atomic E-state index is 0.0260. The predicted molar refractivity (Wildman–Crippen MR) is 255 cm³/mol. The maximum atomic E-state index is 16.4. The summed E-state index contributed by atoms with van der Waals surface area (Å²) < 4.78 is 57.2. The number of hydrogen-bond donors (Lipinski definition) is 1. The van der Waals surface area contributed by atoms with Crippen molar-refractivity contribution in [2.75, 3.05) is 26.4 Å². The lowest BCUT2D eigenvalue weighted by Crippen LogP contribution is -2.54. The van der Waals surface area contributed by atoms with Crippen LogP contribution in [0.1, 0.15) is 116 Å². The monoisotopic (exact) mass is 952 g/mol. The summed E-state index contributed by atoms with van der Waals surface area (Å²) in [5.41, 5.74) is 2.95. The second kappa shape index (κ2) is 15.5. The number of carbonyl (C=O) groups is 1. The Hall–Kier alpha value is -6.92. The van der Waals surface area contributed by atoms with E-state index >= 15 is 18.4 Å². The molecule has 1 unspecified atom stereocenters. The summed E-state index contributed by atoms with van der Waals surface area (Å²) in [6, 6.07) is 14.3. The zero-order valence-corrected chi connectivity index (χ0v) is 40.2. The van der Waals surface area contributed by atoms with E-state index in [9.17, 15) is 4.79 Å². The zero-order chi connectivity index (χ0) is 48.8. The Morgan fingerprint density at radius 2 is 1.69 bits per heavy atom. The predicted octanol–water partition coefficient (Wildman–Crippen LogP) is 7.95. The Morgan fingerprint density at radius 3 is 2.39 bits per heavy atom. The number of fused-ring (bicyclic) bond motifs is 4. The highest BCUT2D eigenvalue weighted by Gasteiger charge is 2.60. The van der Waals surface area contributed by atoms with Crippen molar-refractivity contribution in [2.45, 2.75) is 102 Å². The van der Waals surface area contributed by atoms with E-state index in [1.807, 2.05) is 22.5 Å². The number of carbonyl (C=O) groups excluding carboxylic acids is 1. The van der Waals surface area contributed by atoms with Crippen LogP contribution in [0.15, 0.2) is 81.2 Å². The molecule has 2 saturated heterocycles. The molecule has 3 aliphatic heterocycles. The fourth-order valence-corrected chi connectivity index (χ4v) is 12.2. The van der Waals surface area contributed by atoms with Crippen LogP contribution in [0.3, 0.4) is 0 Å². The summed E-state index contributed by atoms with van der Waals surface area (Å²) in [4.78, 5) is 48.4. The first-order valence-corrected chi connectivity index (χ1v) is 24.1. The zero-order valence-electron chi connectivity index (χ0n) is 40.2. The number of imidazole rings is 1. The van der Waals surface area contributed by atoms with Crippen LogP contribution in [-0.2, 0) is 27.5 Å². The largest absolute Gasteiger partial charge is 0.438 e. The molecule has 8 heterocycles. The molecule has 18 heteroatoms. The number of H-pyrrole nitrogens is 1. The van der Waals surface area contributed by atoms with Crippen molar-refractivity contribution in [1.82, 2.24) is 48.3 Å². The summed E-state index contributed by atoms with van der Waals surface area (Å²) in [6.45, 7) is 13.3. The summed E-state index contributed by atoms with van der Waals surface area (Å²) in [6.07, 6.45) is 8.14. The number of nitrogens with zero attached hydrogens (tertiary/aromatic N) is 9. The van der Waals surface area contributed by atoms with E-state index in [-0.39, 0.29) is 53.4 Å². The van der Waals surface area contributed by atoms with E-state index in [4.69, 9.17) is 19.1 Å². The van der Waals surface area contributed by atoms with E-state index in [2.05, 4.69) is 54.2 Å². The smallest absolute Gasteiger partial charge is 0.380 e. The number of halogens is 2. The standard InChI is InChI=1S/C52H54F2N10O6/c1-28-19-35(20-29(2)42(28)53)64-45(61-16-15-60(49(61)67)39-12-11-38-36(43(39)54)25-55-59(38)7)41-31(4)62(26-51(44(41)57-64)14-8-17-68-27-51)46(65)40-22-34-21-32(33-13-18-69-50(5,6)24-33)9-10-37(34)63(40)52(23-30(52)3)47-56-48(66)70-58-47/h9-12,15-16,19-22,25,30-31,33H,8,13-14,17-18,23-24,26-27H2,1-7H3,(H,56,58,66)/t30-,31-,33-,51?,52-/m0/s1. The number of benzene rings is 3. The minimum Gasteiger partial charge on any atom is -0.380 e. The Kier molecular flexibility index (Phi) is 9.83. The summed E-state index contributed by atoms with van der Waals surface area (Å²) in [5, 5.41) is 14.9. The average Bonchev–Trinajstić information content (AvgIpc) is 3.98. The third-order valence-corrected chi connectivity index (χ3v) is 15.9. The van der Waals surface area contributed by atoms with E-state index in [0.717, 1.165) is 29.3 Å². The molecular formula is C52H54F2N10O6. The maximum Gasteiger partial charge on any atom is 0.438 e. The van der Waals surface area contributed by atoms with Crippen molar-refractivity contribution in [2.24, 2.45) is 13.0 Å². The van der Waals surface area contributed by atoms with Gasteiger partial charge in [0.15, 0.2) is 11.6 Å². The summed E-state index contributed by atoms with van der Waals surface area (Å²) in [5.74, 6) is -1.02. The molecule has 5 aromatic heterocycles. The van der Waals surface area contributed by atoms with Gasteiger partial charge in [-0.05, 0) is 138 Å². The number of aryl methyl sites for hydroxylation is 3. The van der Waals surface area contributed by atoms with Gasteiger partial charge >= 0.3 is 11.4 Å². The summed E-state index contributed by atoms with van der Waals surface area (Å²) in [7, 11) is 1.72. The molecule has 3 fully saturated rings. The lowest BCUT2D eigenvalue weighted by atomic mass is 9.73. The van der Waals surface area contributed by atoms with Crippen LogP contribution in [0.4, 0.5) is 8.78 Å². The van der Waals surface area contributed by atoms with E-state index in [1.54, 1.807) is 60.7 Å². The van der Waals surface area contributed by atoms with Gasteiger partial charge in [-0.15, -0.1) is 0 Å². The van der Waals surface area contributed by atoms with Crippen LogP contribution in [0.25, 0.3) is 39.0 Å². The van der Waals surface area contributed by atoms with Gasteiger partial charge in [0.2, 0.25) is 0 Å². The SMILES string of the molecule is Cc1cc(-n2nc3c(c2-n2ccn(-c4ccc5c(cnn5C)c4F)c2=O)[C@H](C)N(C(=O)c2cc4cc([C@H]5CCOC(C)(C)C5)ccc4n2[C@@]2(c4noc(=O)[nH]4)C[C@@H]2C)CC32CCCOC2)cc(C)c1F. The Bertz CT molecular complexity index is 3560. The molecule has 12 rings (SSSR count). The number of amides is 1. The highest BCUT2D eigenvalue weighted by Crippen LogP contribution is 2.56. The van der Waals surface area contributed by atoms with Crippen LogP contribution in [-0.4, -0.2) is 86.2 Å². The number of ether oxygens (including phenoxy) is 2. The molecule has 0 radical (unpaired) electrons. The Labute approximate surface area is 400 Å². The van der Waals surface area contributed by atoms with Gasteiger partial charge in [0, 0.05) is 55.7 Å². The van der Waals surface area contributed by atoms with Crippen molar-refractivity contribution >= 4 is 27.7 Å². The molecule has 70 heavy (non-hydrogen) atoms. The van der Waals surface area contributed by atoms with Crippen LogP contribution in [0.5, 0.6) is 0 Å². The van der Waals surface area contributed by atoms with E-state index in [1.165, 1.54) is 21.5 Å². The topological polar surface area (TPSA) is 165 Å². The summed E-state index contributed by atoms with van der Waals surface area (Å²) >= 11 is 0. The van der Waals surface area contributed by atoms with Crippen LogP contribution < -0.4 is 11.4 Å². The van der Waals surface area contributed by atoms with Crippen molar-refractivity contribution in [3.8, 4) is 17.2 Å². The highest BCUT2D eigenvalue weighted by atomic mass is 19.1. The molecule has 4 aliphatic rings. The molecule has 1 spiro atoms. The first-order chi connectivity index (χ1) is 33.5. The molecule has 1 N–H and O–H groups in total. The molecule has 3 aromatic carbocycles. The number of hydrogen-bond acceptors (Lipinski definition) is 9. The minimum atomic E-state index is -0.893. The second-order valence-corrected chi connectivity index (χ2v) is 20.8. The molecule has 1 saturated carbocycles. The lowest BCUT2D eigenvalue weighted by molar-refractivity contribution is -0.0592. The first kappa shape index (κ1) is 44.3. The fourth-order valence-electron chi connectivity index (χ4n) is 12.2. The van der Waals surface area contributed by atoms with Crippen molar-refractivity contribution < 1.29 is 27.6 Å². The normalized spacial score (nSPS) is 24.2. The van der Waals surface area contributed by atoms with Gasteiger partial charge in [-0.3, -0.25) is 28.1 Å². The molecule has 5 atom stereocenters. The van der Waals surface area contributed by atoms with Crippen LogP contribution >= 0.6 is 0 Å². The molecular weight excluding hydrogens is 899 g/mol.